The molecule has 2 saturated heterocycles. The van der Waals surface area contributed by atoms with Crippen molar-refractivity contribution in [2.24, 2.45) is 0 Å². The molecule has 0 spiro atoms. The van der Waals surface area contributed by atoms with Crippen molar-refractivity contribution in [3.8, 4) is 0 Å². The molecule has 2 aliphatic rings. The number of para-hydroxylation sites is 1. The second kappa shape index (κ2) is 9.96. The van der Waals surface area contributed by atoms with E-state index in [4.69, 9.17) is 0 Å². The van der Waals surface area contributed by atoms with E-state index in [2.05, 4.69) is 22.3 Å². The Bertz CT molecular complexity index is 895. The topological polar surface area (TPSA) is 73.0 Å². The number of nitrogens with zero attached hydrogens (tertiary/aromatic N) is 3. The van der Waals surface area contributed by atoms with E-state index in [0.29, 0.717) is 32.5 Å². The minimum absolute atomic E-state index is 0.0202. The fraction of sp³-hybridized carbons (Fsp3) is 0.435. The second-order valence-corrected chi connectivity index (χ2v) is 8.95. The summed E-state index contributed by atoms with van der Waals surface area (Å²) in [5.41, 5.74) is 1.16. The van der Waals surface area contributed by atoms with Crippen LogP contribution in [0.3, 0.4) is 0 Å². The molecule has 1 aromatic carbocycles. The van der Waals surface area contributed by atoms with Crippen molar-refractivity contribution in [1.29, 1.82) is 0 Å². The maximum absolute atomic E-state index is 12.7. The SMILES string of the molecule is O=C(NCC(=O)N1CCN(c2ccccc2)CC1)C1CCCN1C(=O)Cc1cccs1. The van der Waals surface area contributed by atoms with E-state index < -0.39 is 6.04 Å². The van der Waals surface area contributed by atoms with Gasteiger partial charge in [-0.1, -0.05) is 24.3 Å². The number of thiophene rings is 1. The molecule has 4 rings (SSSR count). The molecule has 0 aliphatic carbocycles. The summed E-state index contributed by atoms with van der Waals surface area (Å²) in [5.74, 6) is -0.327. The summed E-state index contributed by atoms with van der Waals surface area (Å²) in [6, 6.07) is 13.6. The van der Waals surface area contributed by atoms with E-state index in [0.717, 1.165) is 30.1 Å². The first-order chi connectivity index (χ1) is 15.1. The van der Waals surface area contributed by atoms with Crippen molar-refractivity contribution in [1.82, 2.24) is 15.1 Å². The maximum Gasteiger partial charge on any atom is 0.243 e. The molecule has 2 aromatic rings. The molecule has 3 heterocycles. The molecule has 1 atom stereocenters. The quantitative estimate of drug-likeness (QED) is 0.743. The van der Waals surface area contributed by atoms with Gasteiger partial charge in [0.1, 0.15) is 6.04 Å². The van der Waals surface area contributed by atoms with Crippen LogP contribution in [0.5, 0.6) is 0 Å². The number of rotatable bonds is 6. The Balaban J connectivity index is 1.23. The number of benzene rings is 1. The summed E-state index contributed by atoms with van der Waals surface area (Å²) in [6.45, 7) is 3.40. The Morgan fingerprint density at radius 3 is 2.42 bits per heavy atom. The Morgan fingerprint density at radius 2 is 1.71 bits per heavy atom. The molecule has 3 amide bonds. The summed E-state index contributed by atoms with van der Waals surface area (Å²) >= 11 is 1.55. The van der Waals surface area contributed by atoms with Gasteiger partial charge in [-0.3, -0.25) is 14.4 Å². The first-order valence-corrected chi connectivity index (χ1v) is 11.7. The zero-order chi connectivity index (χ0) is 21.6. The van der Waals surface area contributed by atoms with Crippen LogP contribution >= 0.6 is 11.3 Å². The molecule has 0 radical (unpaired) electrons. The minimum atomic E-state index is -0.477. The number of carbonyl (C=O) groups is 3. The molecule has 1 N–H and O–H groups in total. The average Bonchev–Trinajstić information content (AvgIpc) is 3.50. The van der Waals surface area contributed by atoms with Gasteiger partial charge >= 0.3 is 0 Å². The zero-order valence-corrected chi connectivity index (χ0v) is 18.4. The second-order valence-electron chi connectivity index (χ2n) is 7.92. The molecule has 0 bridgehead atoms. The predicted octanol–water partition coefficient (Wildman–Crippen LogP) is 1.75. The lowest BCUT2D eigenvalue weighted by Gasteiger charge is -2.36. The normalized spacial score (nSPS) is 18.8. The number of amides is 3. The highest BCUT2D eigenvalue weighted by molar-refractivity contribution is 7.10. The van der Waals surface area contributed by atoms with Crippen LogP contribution in [0.25, 0.3) is 0 Å². The summed E-state index contributed by atoms with van der Waals surface area (Å²) in [7, 11) is 0. The van der Waals surface area contributed by atoms with Crippen molar-refractivity contribution in [3.05, 3.63) is 52.7 Å². The molecule has 1 unspecified atom stereocenters. The van der Waals surface area contributed by atoms with E-state index in [1.54, 1.807) is 21.1 Å². The highest BCUT2D eigenvalue weighted by Gasteiger charge is 2.34. The van der Waals surface area contributed by atoms with Gasteiger partial charge in [0, 0.05) is 43.3 Å². The Hall–Kier alpha value is -2.87. The molecule has 1 aromatic heterocycles. The Labute approximate surface area is 186 Å². The predicted molar refractivity (Wildman–Crippen MR) is 121 cm³/mol. The zero-order valence-electron chi connectivity index (χ0n) is 17.5. The van der Waals surface area contributed by atoms with Gasteiger partial charge in [0.2, 0.25) is 17.7 Å². The van der Waals surface area contributed by atoms with E-state index in [1.165, 1.54) is 0 Å². The summed E-state index contributed by atoms with van der Waals surface area (Å²) in [4.78, 5) is 44.7. The average molecular weight is 441 g/mol. The number of anilines is 1. The number of hydrogen-bond donors (Lipinski definition) is 1. The van der Waals surface area contributed by atoms with E-state index in [1.807, 2.05) is 35.7 Å². The molecule has 164 valence electrons. The third kappa shape index (κ3) is 5.25. The number of piperazine rings is 1. The molecule has 2 fully saturated rings. The van der Waals surface area contributed by atoms with Gasteiger partial charge in [-0.2, -0.15) is 0 Å². The van der Waals surface area contributed by atoms with Crippen LogP contribution in [-0.2, 0) is 20.8 Å². The first-order valence-electron chi connectivity index (χ1n) is 10.8. The third-order valence-corrected chi connectivity index (χ3v) is 6.83. The number of carbonyl (C=O) groups excluding carboxylic acids is 3. The van der Waals surface area contributed by atoms with Crippen LogP contribution in [-0.4, -0.2) is 72.8 Å². The van der Waals surface area contributed by atoms with Crippen LogP contribution in [0, 0.1) is 0 Å². The molecule has 8 heteroatoms. The third-order valence-electron chi connectivity index (χ3n) is 5.95. The van der Waals surface area contributed by atoms with Gasteiger partial charge in [0.25, 0.3) is 0 Å². The summed E-state index contributed by atoms with van der Waals surface area (Å²) in [5, 5.41) is 4.72. The summed E-state index contributed by atoms with van der Waals surface area (Å²) < 4.78 is 0. The largest absolute Gasteiger partial charge is 0.368 e. The molecular formula is C23H28N4O3S. The minimum Gasteiger partial charge on any atom is -0.368 e. The monoisotopic (exact) mass is 440 g/mol. The Kier molecular flexibility index (Phi) is 6.86. The molecule has 31 heavy (non-hydrogen) atoms. The van der Waals surface area contributed by atoms with Gasteiger partial charge < -0.3 is 20.0 Å². The van der Waals surface area contributed by atoms with Crippen LogP contribution < -0.4 is 10.2 Å². The van der Waals surface area contributed by atoms with E-state index >= 15 is 0 Å². The van der Waals surface area contributed by atoms with Crippen LogP contribution in [0.1, 0.15) is 17.7 Å². The number of likely N-dealkylation sites (tertiary alicyclic amines) is 1. The fourth-order valence-corrected chi connectivity index (χ4v) is 4.94. The van der Waals surface area contributed by atoms with Crippen LogP contribution in [0.2, 0.25) is 0 Å². The Morgan fingerprint density at radius 1 is 0.935 bits per heavy atom. The van der Waals surface area contributed by atoms with Crippen molar-refractivity contribution < 1.29 is 14.4 Å². The van der Waals surface area contributed by atoms with E-state index in [-0.39, 0.29) is 24.3 Å². The van der Waals surface area contributed by atoms with Crippen molar-refractivity contribution in [3.63, 3.8) is 0 Å². The number of hydrogen-bond acceptors (Lipinski definition) is 5. The number of nitrogens with one attached hydrogen (secondary N) is 1. The van der Waals surface area contributed by atoms with Crippen molar-refractivity contribution in [2.45, 2.75) is 25.3 Å². The highest BCUT2D eigenvalue weighted by Crippen LogP contribution is 2.20. The highest BCUT2D eigenvalue weighted by atomic mass is 32.1. The fourth-order valence-electron chi connectivity index (χ4n) is 4.25. The van der Waals surface area contributed by atoms with Gasteiger partial charge in [0.05, 0.1) is 13.0 Å². The lowest BCUT2D eigenvalue weighted by molar-refractivity contribution is -0.139. The van der Waals surface area contributed by atoms with Crippen molar-refractivity contribution >= 4 is 34.7 Å². The molecule has 2 aliphatic heterocycles. The standard InChI is InChI=1S/C23H28N4O3S/c28-21(16-19-8-5-15-31-19)27-10-4-9-20(27)23(30)24-17-22(29)26-13-11-25(12-14-26)18-6-2-1-3-7-18/h1-3,5-8,15,20H,4,9-14,16-17H2,(H,24,30). The lowest BCUT2D eigenvalue weighted by Crippen LogP contribution is -2.53. The van der Waals surface area contributed by atoms with Crippen LogP contribution in [0.15, 0.2) is 47.8 Å². The van der Waals surface area contributed by atoms with Gasteiger partial charge in [-0.25, -0.2) is 0 Å². The first kappa shape index (κ1) is 21.4. The molecule has 0 saturated carbocycles. The molecule has 7 nitrogen and oxygen atoms in total. The van der Waals surface area contributed by atoms with E-state index in [9.17, 15) is 14.4 Å². The molecular weight excluding hydrogens is 412 g/mol. The van der Waals surface area contributed by atoms with Gasteiger partial charge in [-0.05, 0) is 36.4 Å². The van der Waals surface area contributed by atoms with Gasteiger partial charge in [0.15, 0.2) is 0 Å². The van der Waals surface area contributed by atoms with Crippen LogP contribution in [0.4, 0.5) is 5.69 Å². The smallest absolute Gasteiger partial charge is 0.243 e. The van der Waals surface area contributed by atoms with Gasteiger partial charge in [-0.15, -0.1) is 11.3 Å². The lowest BCUT2D eigenvalue weighted by atomic mass is 10.2. The summed E-state index contributed by atoms with van der Waals surface area (Å²) in [6.07, 6.45) is 1.78. The maximum atomic E-state index is 12.7. The van der Waals surface area contributed by atoms with Crippen molar-refractivity contribution in [2.75, 3.05) is 44.2 Å².